The van der Waals surface area contributed by atoms with Gasteiger partial charge in [0.2, 0.25) is 5.91 Å². The molecule has 3 aromatic rings. The van der Waals surface area contributed by atoms with Crippen LogP contribution in [0.15, 0.2) is 59.0 Å². The van der Waals surface area contributed by atoms with E-state index in [9.17, 15) is 4.79 Å². The second-order valence-corrected chi connectivity index (χ2v) is 8.46. The second-order valence-electron chi connectivity index (χ2n) is 6.40. The molecule has 0 aliphatic rings. The first-order valence-corrected chi connectivity index (χ1v) is 10.6. The molecule has 1 amide bonds. The van der Waals surface area contributed by atoms with Crippen LogP contribution in [0.5, 0.6) is 0 Å². The third-order valence-electron chi connectivity index (χ3n) is 4.16. The van der Waals surface area contributed by atoms with E-state index >= 15 is 0 Å². The van der Waals surface area contributed by atoms with E-state index < -0.39 is 0 Å². The van der Waals surface area contributed by atoms with Gasteiger partial charge >= 0.3 is 0 Å². The number of aryl methyl sites for hydroxylation is 2. The SMILES string of the molecule is Cc1ccc(-c2ccc(/C=C/C(=O)NC(=S)Nc3ccc(I)cc3C)o2)cc1Cl. The summed E-state index contributed by atoms with van der Waals surface area (Å²) in [4.78, 5) is 12.1. The number of hydrogen-bond acceptors (Lipinski definition) is 3. The summed E-state index contributed by atoms with van der Waals surface area (Å²) < 4.78 is 6.90. The minimum Gasteiger partial charge on any atom is -0.457 e. The van der Waals surface area contributed by atoms with Gasteiger partial charge in [0.25, 0.3) is 0 Å². The average molecular weight is 537 g/mol. The fourth-order valence-electron chi connectivity index (χ4n) is 2.58. The summed E-state index contributed by atoms with van der Waals surface area (Å²) >= 11 is 13.6. The minimum absolute atomic E-state index is 0.235. The van der Waals surface area contributed by atoms with E-state index in [-0.39, 0.29) is 11.0 Å². The van der Waals surface area contributed by atoms with Crippen molar-refractivity contribution in [1.29, 1.82) is 0 Å². The normalized spacial score (nSPS) is 10.9. The zero-order valence-electron chi connectivity index (χ0n) is 15.8. The summed E-state index contributed by atoms with van der Waals surface area (Å²) in [6, 6.07) is 15.3. The highest BCUT2D eigenvalue weighted by Gasteiger charge is 2.07. The second kappa shape index (κ2) is 9.56. The van der Waals surface area contributed by atoms with Gasteiger partial charge in [-0.15, -0.1) is 0 Å². The third-order valence-corrected chi connectivity index (χ3v) is 5.44. The fraction of sp³-hybridized carbons (Fsp3) is 0.0909. The van der Waals surface area contributed by atoms with Gasteiger partial charge in [0.05, 0.1) is 0 Å². The van der Waals surface area contributed by atoms with Gasteiger partial charge in [-0.1, -0.05) is 23.7 Å². The molecule has 0 bridgehead atoms. The van der Waals surface area contributed by atoms with E-state index in [1.807, 2.05) is 56.3 Å². The first kappa shape index (κ1) is 21.5. The van der Waals surface area contributed by atoms with Gasteiger partial charge < -0.3 is 9.73 Å². The van der Waals surface area contributed by atoms with Crippen LogP contribution >= 0.6 is 46.4 Å². The number of rotatable bonds is 4. The van der Waals surface area contributed by atoms with E-state index in [1.165, 1.54) is 6.08 Å². The Labute approximate surface area is 193 Å². The molecular formula is C22H18ClIN2O2S. The Morgan fingerprint density at radius 2 is 1.90 bits per heavy atom. The van der Waals surface area contributed by atoms with E-state index in [2.05, 4.69) is 33.2 Å². The van der Waals surface area contributed by atoms with Gasteiger partial charge in [0, 0.05) is 25.9 Å². The summed E-state index contributed by atoms with van der Waals surface area (Å²) in [5.41, 5.74) is 3.78. The molecule has 7 heteroatoms. The first-order valence-electron chi connectivity index (χ1n) is 8.74. The van der Waals surface area contributed by atoms with Crippen LogP contribution in [0.25, 0.3) is 17.4 Å². The lowest BCUT2D eigenvalue weighted by Gasteiger charge is -2.10. The lowest BCUT2D eigenvalue weighted by Crippen LogP contribution is -2.33. The molecule has 0 radical (unpaired) electrons. The standard InChI is InChI=1S/C22H18ClIN2O2S/c1-13-3-4-15(12-18(13)23)20-9-6-17(28-20)7-10-21(27)26-22(29)25-19-8-5-16(24)11-14(19)2/h3-12H,1-2H3,(H2,25,26,27,29)/b10-7+. The van der Waals surface area contributed by atoms with Gasteiger partial charge in [-0.25, -0.2) is 0 Å². The van der Waals surface area contributed by atoms with Gasteiger partial charge in [-0.2, -0.15) is 0 Å². The summed E-state index contributed by atoms with van der Waals surface area (Å²) in [7, 11) is 0. The Kier molecular flexibility index (Phi) is 7.10. The zero-order chi connectivity index (χ0) is 21.0. The number of thiocarbonyl (C=S) groups is 1. The van der Waals surface area contributed by atoms with E-state index in [0.717, 1.165) is 25.9 Å². The van der Waals surface area contributed by atoms with Crippen LogP contribution in [0.2, 0.25) is 5.02 Å². The Morgan fingerprint density at radius 3 is 2.62 bits per heavy atom. The van der Waals surface area contributed by atoms with Crippen LogP contribution in [0.1, 0.15) is 16.9 Å². The monoisotopic (exact) mass is 536 g/mol. The van der Waals surface area contributed by atoms with Crippen molar-refractivity contribution in [3.05, 3.63) is 80.1 Å². The van der Waals surface area contributed by atoms with Crippen molar-refractivity contribution in [1.82, 2.24) is 5.32 Å². The third kappa shape index (κ3) is 5.91. The lowest BCUT2D eigenvalue weighted by atomic mass is 10.1. The number of amides is 1. The fourth-order valence-corrected chi connectivity index (χ4v) is 3.61. The van der Waals surface area contributed by atoms with Crippen LogP contribution < -0.4 is 10.6 Å². The molecule has 3 rings (SSSR count). The molecule has 0 spiro atoms. The molecule has 0 saturated heterocycles. The summed E-state index contributed by atoms with van der Waals surface area (Å²) in [6.45, 7) is 3.92. The number of carbonyl (C=O) groups is 1. The lowest BCUT2D eigenvalue weighted by molar-refractivity contribution is -0.115. The zero-order valence-corrected chi connectivity index (χ0v) is 19.5. The first-order chi connectivity index (χ1) is 13.8. The van der Waals surface area contributed by atoms with Gasteiger partial charge in [-0.05, 0) is 102 Å². The number of benzene rings is 2. The maximum Gasteiger partial charge on any atom is 0.250 e. The minimum atomic E-state index is -0.345. The van der Waals surface area contributed by atoms with E-state index in [1.54, 1.807) is 12.1 Å². The quantitative estimate of drug-likeness (QED) is 0.232. The highest BCUT2D eigenvalue weighted by atomic mass is 127. The number of nitrogens with one attached hydrogen (secondary N) is 2. The molecule has 0 fully saturated rings. The Balaban J connectivity index is 1.59. The maximum atomic E-state index is 12.1. The number of anilines is 1. The molecule has 0 saturated carbocycles. The average Bonchev–Trinajstić information content (AvgIpc) is 3.14. The molecular weight excluding hydrogens is 519 g/mol. The van der Waals surface area contributed by atoms with Gasteiger partial charge in [-0.3, -0.25) is 10.1 Å². The van der Waals surface area contributed by atoms with Crippen LogP contribution in [0.3, 0.4) is 0 Å². The molecule has 1 aromatic heterocycles. The molecule has 0 aliphatic carbocycles. The van der Waals surface area contributed by atoms with Crippen LogP contribution in [0, 0.1) is 17.4 Å². The Bertz CT molecular complexity index is 1110. The van der Waals surface area contributed by atoms with E-state index in [0.29, 0.717) is 16.5 Å². The van der Waals surface area contributed by atoms with Crippen molar-refractivity contribution in [2.24, 2.45) is 0 Å². The highest BCUT2D eigenvalue weighted by Crippen LogP contribution is 2.27. The van der Waals surface area contributed by atoms with Crippen molar-refractivity contribution in [3.8, 4) is 11.3 Å². The van der Waals surface area contributed by atoms with Crippen LogP contribution in [-0.2, 0) is 4.79 Å². The summed E-state index contributed by atoms with van der Waals surface area (Å²) in [5.74, 6) is 0.888. The molecule has 4 nitrogen and oxygen atoms in total. The number of hydrogen-bond donors (Lipinski definition) is 2. The molecule has 2 aromatic carbocycles. The summed E-state index contributed by atoms with van der Waals surface area (Å²) in [5, 5.41) is 6.57. The smallest absolute Gasteiger partial charge is 0.250 e. The van der Waals surface area contributed by atoms with Crippen LogP contribution in [-0.4, -0.2) is 11.0 Å². The molecule has 29 heavy (non-hydrogen) atoms. The largest absolute Gasteiger partial charge is 0.457 e. The predicted octanol–water partition coefficient (Wildman–Crippen LogP) is 6.35. The molecule has 1 heterocycles. The molecule has 0 atom stereocenters. The van der Waals surface area contributed by atoms with Crippen molar-refractivity contribution < 1.29 is 9.21 Å². The highest BCUT2D eigenvalue weighted by molar-refractivity contribution is 14.1. The Morgan fingerprint density at radius 1 is 1.10 bits per heavy atom. The van der Waals surface area contributed by atoms with Crippen molar-refractivity contribution in [2.75, 3.05) is 5.32 Å². The van der Waals surface area contributed by atoms with Crippen molar-refractivity contribution in [3.63, 3.8) is 0 Å². The topological polar surface area (TPSA) is 54.3 Å². The summed E-state index contributed by atoms with van der Waals surface area (Å²) in [6.07, 6.45) is 2.97. The number of carbonyl (C=O) groups excluding carboxylic acids is 1. The van der Waals surface area contributed by atoms with Crippen molar-refractivity contribution in [2.45, 2.75) is 13.8 Å². The Hall–Kier alpha value is -2.16. The van der Waals surface area contributed by atoms with E-state index in [4.69, 9.17) is 28.2 Å². The molecule has 148 valence electrons. The van der Waals surface area contributed by atoms with Gasteiger partial charge in [0.1, 0.15) is 11.5 Å². The van der Waals surface area contributed by atoms with Crippen LogP contribution in [0.4, 0.5) is 5.69 Å². The maximum absolute atomic E-state index is 12.1. The molecule has 2 N–H and O–H groups in total. The number of halogens is 2. The van der Waals surface area contributed by atoms with Gasteiger partial charge in [0.15, 0.2) is 5.11 Å². The predicted molar refractivity (Wildman–Crippen MR) is 131 cm³/mol. The molecule has 0 unspecified atom stereocenters. The van der Waals surface area contributed by atoms with Crippen molar-refractivity contribution >= 4 is 69.2 Å². The number of furan rings is 1. The molecule has 0 aliphatic heterocycles.